The molecule has 0 radical (unpaired) electrons. The first kappa shape index (κ1) is 12.9. The molecule has 0 atom stereocenters. The Morgan fingerprint density at radius 1 is 1.62 bits per heavy atom. The topological polar surface area (TPSA) is 41.6 Å². The van der Waals surface area contributed by atoms with Gasteiger partial charge in [0.15, 0.2) is 0 Å². The maximum atomic E-state index is 11.2. The second-order valence-corrected chi connectivity index (χ2v) is 4.56. The van der Waals surface area contributed by atoms with Crippen LogP contribution in [0, 0.1) is 12.3 Å². The lowest BCUT2D eigenvalue weighted by Crippen LogP contribution is -2.61. The van der Waals surface area contributed by atoms with Gasteiger partial charge in [-0.15, -0.1) is 6.42 Å². The number of rotatable bonds is 4. The van der Waals surface area contributed by atoms with Crippen molar-refractivity contribution < 1.29 is 9.53 Å². The fraction of sp³-hybridized carbons (Fsp3) is 0.750. The molecule has 0 aromatic carbocycles. The number of carbonyl (C=O) groups is 1. The van der Waals surface area contributed by atoms with Gasteiger partial charge in [-0.1, -0.05) is 12.8 Å². The lowest BCUT2D eigenvalue weighted by molar-refractivity contribution is -0.0447. The molecule has 1 aliphatic rings. The molecule has 0 spiro atoms. The molecule has 1 heterocycles. The Labute approximate surface area is 97.3 Å². The van der Waals surface area contributed by atoms with E-state index in [1.807, 2.05) is 20.8 Å². The van der Waals surface area contributed by atoms with Crippen LogP contribution in [0.5, 0.6) is 0 Å². The average Bonchev–Trinajstić information content (AvgIpc) is 2.19. The summed E-state index contributed by atoms with van der Waals surface area (Å²) < 4.78 is 5.20. The first-order valence-corrected chi connectivity index (χ1v) is 5.67. The zero-order valence-electron chi connectivity index (χ0n) is 10.2. The highest BCUT2D eigenvalue weighted by molar-refractivity contribution is 5.67. The van der Waals surface area contributed by atoms with Crippen molar-refractivity contribution >= 4 is 6.09 Å². The Kier molecular flexibility index (Phi) is 4.19. The second-order valence-electron chi connectivity index (χ2n) is 4.56. The van der Waals surface area contributed by atoms with Crippen molar-refractivity contribution in [2.24, 2.45) is 0 Å². The molecular formula is C12H20N2O2. The van der Waals surface area contributed by atoms with Crippen molar-refractivity contribution in [2.45, 2.75) is 38.8 Å². The average molecular weight is 224 g/mol. The lowest BCUT2D eigenvalue weighted by atomic mass is 9.98. The Balaban J connectivity index is 2.22. The molecule has 4 heteroatoms. The molecule has 0 unspecified atom stereocenters. The lowest BCUT2D eigenvalue weighted by Gasteiger charge is -2.45. The van der Waals surface area contributed by atoms with E-state index in [1.54, 1.807) is 0 Å². The third-order valence-corrected chi connectivity index (χ3v) is 2.78. The van der Waals surface area contributed by atoms with Crippen LogP contribution in [0.4, 0.5) is 4.79 Å². The SMILES string of the molecule is C#CC(C)(C)N1CC(OC(=O)NCCC)C1. The molecule has 90 valence electrons. The third-order valence-electron chi connectivity index (χ3n) is 2.78. The first-order chi connectivity index (χ1) is 7.49. The van der Waals surface area contributed by atoms with Gasteiger partial charge in [0.25, 0.3) is 0 Å². The smallest absolute Gasteiger partial charge is 0.407 e. The van der Waals surface area contributed by atoms with Crippen molar-refractivity contribution in [1.29, 1.82) is 0 Å². The molecule has 1 rings (SSSR count). The molecule has 0 aromatic rings. The van der Waals surface area contributed by atoms with E-state index in [4.69, 9.17) is 11.2 Å². The largest absolute Gasteiger partial charge is 0.444 e. The molecule has 1 amide bonds. The van der Waals surface area contributed by atoms with Crippen molar-refractivity contribution in [3.63, 3.8) is 0 Å². The quantitative estimate of drug-likeness (QED) is 0.730. The number of terminal acetylenes is 1. The summed E-state index contributed by atoms with van der Waals surface area (Å²) in [7, 11) is 0. The Bertz CT molecular complexity index is 288. The van der Waals surface area contributed by atoms with Gasteiger partial charge < -0.3 is 10.1 Å². The fourth-order valence-electron chi connectivity index (χ4n) is 1.48. The third kappa shape index (κ3) is 3.14. The van der Waals surface area contributed by atoms with Crippen molar-refractivity contribution in [1.82, 2.24) is 10.2 Å². The number of carbonyl (C=O) groups excluding carboxylic acids is 1. The molecule has 0 aliphatic carbocycles. The van der Waals surface area contributed by atoms with Gasteiger partial charge in [-0.25, -0.2) is 4.79 Å². The Morgan fingerprint density at radius 3 is 2.75 bits per heavy atom. The zero-order valence-corrected chi connectivity index (χ0v) is 10.2. The van der Waals surface area contributed by atoms with Gasteiger partial charge in [0, 0.05) is 19.6 Å². The van der Waals surface area contributed by atoms with Crippen LogP contribution in [0.2, 0.25) is 0 Å². The maximum Gasteiger partial charge on any atom is 0.407 e. The number of nitrogens with zero attached hydrogens (tertiary/aromatic N) is 1. The molecule has 1 saturated heterocycles. The van der Waals surface area contributed by atoms with Gasteiger partial charge in [0.2, 0.25) is 0 Å². The van der Waals surface area contributed by atoms with Crippen LogP contribution in [0.1, 0.15) is 27.2 Å². The van der Waals surface area contributed by atoms with E-state index >= 15 is 0 Å². The summed E-state index contributed by atoms with van der Waals surface area (Å²) in [5.41, 5.74) is -0.250. The van der Waals surface area contributed by atoms with E-state index in [0.29, 0.717) is 6.54 Å². The van der Waals surface area contributed by atoms with Crippen LogP contribution in [-0.4, -0.2) is 42.3 Å². The summed E-state index contributed by atoms with van der Waals surface area (Å²) in [4.78, 5) is 13.4. The van der Waals surface area contributed by atoms with Crippen LogP contribution < -0.4 is 5.32 Å². The molecule has 0 saturated carbocycles. The maximum absolute atomic E-state index is 11.2. The number of likely N-dealkylation sites (tertiary alicyclic amines) is 1. The summed E-state index contributed by atoms with van der Waals surface area (Å²) in [5.74, 6) is 2.72. The first-order valence-electron chi connectivity index (χ1n) is 5.67. The van der Waals surface area contributed by atoms with Crippen LogP contribution >= 0.6 is 0 Å². The molecule has 4 nitrogen and oxygen atoms in total. The van der Waals surface area contributed by atoms with Gasteiger partial charge in [0.1, 0.15) is 6.10 Å². The van der Waals surface area contributed by atoms with Crippen LogP contribution in [0.15, 0.2) is 0 Å². The van der Waals surface area contributed by atoms with E-state index in [2.05, 4.69) is 16.1 Å². The van der Waals surface area contributed by atoms with Crippen LogP contribution in [0.25, 0.3) is 0 Å². The Hall–Kier alpha value is -1.21. The predicted molar refractivity (Wildman–Crippen MR) is 63.0 cm³/mol. The minimum Gasteiger partial charge on any atom is -0.444 e. The number of hydrogen-bond donors (Lipinski definition) is 1. The van der Waals surface area contributed by atoms with Crippen molar-refractivity contribution in [2.75, 3.05) is 19.6 Å². The number of ether oxygens (including phenoxy) is 1. The zero-order chi connectivity index (χ0) is 12.2. The monoisotopic (exact) mass is 224 g/mol. The van der Waals surface area contributed by atoms with E-state index in [9.17, 15) is 4.79 Å². The molecule has 0 aromatic heterocycles. The fourth-order valence-corrected chi connectivity index (χ4v) is 1.48. The van der Waals surface area contributed by atoms with E-state index in [0.717, 1.165) is 19.5 Å². The summed E-state index contributed by atoms with van der Waals surface area (Å²) >= 11 is 0. The summed E-state index contributed by atoms with van der Waals surface area (Å²) in [6.07, 6.45) is 5.98. The van der Waals surface area contributed by atoms with E-state index in [1.165, 1.54) is 0 Å². The molecule has 1 aliphatic heterocycles. The van der Waals surface area contributed by atoms with Gasteiger partial charge in [-0.2, -0.15) is 0 Å². The van der Waals surface area contributed by atoms with Gasteiger partial charge in [-0.3, -0.25) is 4.90 Å². The van der Waals surface area contributed by atoms with Crippen LogP contribution in [0.3, 0.4) is 0 Å². The Morgan fingerprint density at radius 2 is 2.25 bits per heavy atom. The van der Waals surface area contributed by atoms with E-state index < -0.39 is 0 Å². The summed E-state index contributed by atoms with van der Waals surface area (Å²) in [6, 6.07) is 0. The second kappa shape index (κ2) is 5.22. The highest BCUT2D eigenvalue weighted by atomic mass is 16.6. The highest BCUT2D eigenvalue weighted by Gasteiger charge is 2.38. The van der Waals surface area contributed by atoms with Crippen molar-refractivity contribution in [3.05, 3.63) is 0 Å². The number of hydrogen-bond acceptors (Lipinski definition) is 3. The summed E-state index contributed by atoms with van der Waals surface area (Å²) in [5, 5.41) is 2.68. The minimum atomic E-state index is -0.329. The van der Waals surface area contributed by atoms with Crippen LogP contribution in [-0.2, 0) is 4.74 Å². The molecule has 1 fully saturated rings. The predicted octanol–water partition coefficient (Wildman–Crippen LogP) is 1.22. The van der Waals surface area contributed by atoms with Gasteiger partial charge >= 0.3 is 6.09 Å². The highest BCUT2D eigenvalue weighted by Crippen LogP contribution is 2.22. The number of nitrogens with one attached hydrogen (secondary N) is 1. The molecule has 1 N–H and O–H groups in total. The molecule has 16 heavy (non-hydrogen) atoms. The van der Waals surface area contributed by atoms with Gasteiger partial charge in [0.05, 0.1) is 5.54 Å². The number of amides is 1. The normalized spacial score (nSPS) is 17.4. The van der Waals surface area contributed by atoms with Crippen molar-refractivity contribution in [3.8, 4) is 12.3 Å². The standard InChI is InChI=1S/C12H20N2O2/c1-5-7-13-11(15)16-10-8-14(9-10)12(3,4)6-2/h2,10H,5,7-9H2,1,3-4H3,(H,13,15). The molecule has 0 bridgehead atoms. The summed E-state index contributed by atoms with van der Waals surface area (Å²) in [6.45, 7) is 8.07. The molecular weight excluding hydrogens is 204 g/mol. The van der Waals surface area contributed by atoms with Gasteiger partial charge in [-0.05, 0) is 20.3 Å². The minimum absolute atomic E-state index is 0.0236. The number of alkyl carbamates (subject to hydrolysis) is 1. The van der Waals surface area contributed by atoms with E-state index in [-0.39, 0.29) is 17.7 Å².